The van der Waals surface area contributed by atoms with Crippen LogP contribution >= 0.6 is 0 Å². The van der Waals surface area contributed by atoms with Gasteiger partial charge in [-0.2, -0.15) is 0 Å². The Morgan fingerprint density at radius 3 is 2.78 bits per heavy atom. The summed E-state index contributed by atoms with van der Waals surface area (Å²) in [6.45, 7) is 3.72. The number of rotatable bonds is 6. The van der Waals surface area contributed by atoms with Crippen molar-refractivity contribution in [3.8, 4) is 11.4 Å². The summed E-state index contributed by atoms with van der Waals surface area (Å²) in [7, 11) is 2.03. The molecule has 2 aliphatic heterocycles. The van der Waals surface area contributed by atoms with E-state index in [1.165, 1.54) is 6.33 Å². The first-order valence-corrected chi connectivity index (χ1v) is 12.5. The molecule has 3 aromatic heterocycles. The minimum Gasteiger partial charge on any atom is -0.360 e. The van der Waals surface area contributed by atoms with Crippen LogP contribution in [0, 0.1) is 12.8 Å². The molecular weight excluding hydrogens is 458 g/mol. The number of aromatic nitrogens is 4. The lowest BCUT2D eigenvalue weighted by atomic mass is 9.93. The molecule has 0 spiro atoms. The number of aryl methyl sites for hydroxylation is 1. The number of amides is 2. The number of likely N-dealkylation sites (tertiary alicyclic amines) is 2. The van der Waals surface area contributed by atoms with E-state index < -0.39 is 0 Å². The van der Waals surface area contributed by atoms with Gasteiger partial charge in [0.05, 0.1) is 17.8 Å². The van der Waals surface area contributed by atoms with Gasteiger partial charge in [0.25, 0.3) is 5.91 Å². The first kappa shape index (κ1) is 24.1. The Balaban J connectivity index is 1.35. The maximum Gasteiger partial charge on any atom is 0.257 e. The lowest BCUT2D eigenvalue weighted by Crippen LogP contribution is -2.49. The summed E-state index contributed by atoms with van der Waals surface area (Å²) in [5.41, 5.74) is 2.26. The second-order valence-electron chi connectivity index (χ2n) is 9.57. The summed E-state index contributed by atoms with van der Waals surface area (Å²) < 4.78 is 5.32. The number of pyridine rings is 1. The van der Waals surface area contributed by atoms with Gasteiger partial charge in [0.2, 0.25) is 5.91 Å². The van der Waals surface area contributed by atoms with Crippen molar-refractivity contribution in [2.24, 2.45) is 5.92 Å². The van der Waals surface area contributed by atoms with E-state index in [2.05, 4.69) is 30.3 Å². The quantitative estimate of drug-likeness (QED) is 0.562. The highest BCUT2D eigenvalue weighted by molar-refractivity contribution is 6.00. The van der Waals surface area contributed by atoms with Crippen LogP contribution in [-0.4, -0.2) is 74.4 Å². The molecule has 2 aliphatic rings. The lowest BCUT2D eigenvalue weighted by Gasteiger charge is -2.37. The van der Waals surface area contributed by atoms with Gasteiger partial charge in [-0.15, -0.1) is 0 Å². The van der Waals surface area contributed by atoms with Crippen molar-refractivity contribution in [3.63, 3.8) is 0 Å². The summed E-state index contributed by atoms with van der Waals surface area (Å²) in [5.74, 6) is 0.372. The van der Waals surface area contributed by atoms with Crippen molar-refractivity contribution >= 4 is 11.8 Å². The standard InChI is InChI=1S/C26H31N7O3/c1-17-22(23(31-36-17)20-8-11-28-16-30-20)25(34)29-15-19-9-13-33(24(19)18-6-5-10-27-14-18)26(35)21-7-3-4-12-32(21)2/h5-6,8,10-11,14,16,19,21,24H,3-4,7,9,12-13,15H2,1-2H3,(H,29,34)/t19?,21-,24?/m0/s1. The fraction of sp³-hybridized carbons (Fsp3) is 0.462. The van der Waals surface area contributed by atoms with Crippen molar-refractivity contribution in [1.29, 1.82) is 0 Å². The van der Waals surface area contributed by atoms with Crippen LogP contribution in [0.3, 0.4) is 0 Å². The smallest absolute Gasteiger partial charge is 0.257 e. The third kappa shape index (κ3) is 4.73. The Labute approximate surface area is 210 Å². The molecule has 3 atom stereocenters. The first-order valence-electron chi connectivity index (χ1n) is 12.5. The number of likely N-dealkylation sites (N-methyl/N-ethyl adjacent to an activating group) is 1. The minimum absolute atomic E-state index is 0.0543. The SMILES string of the molecule is Cc1onc(-c2ccncn2)c1C(=O)NCC1CCN(C(=O)[C@@H]2CCCCN2C)C1c1cccnc1. The van der Waals surface area contributed by atoms with E-state index in [9.17, 15) is 9.59 Å². The fourth-order valence-electron chi connectivity index (χ4n) is 5.46. The molecule has 10 nitrogen and oxygen atoms in total. The van der Waals surface area contributed by atoms with Crippen molar-refractivity contribution in [2.45, 2.75) is 44.7 Å². The summed E-state index contributed by atoms with van der Waals surface area (Å²) in [6, 6.07) is 5.36. The summed E-state index contributed by atoms with van der Waals surface area (Å²) in [5, 5.41) is 7.13. The monoisotopic (exact) mass is 489 g/mol. The van der Waals surface area contributed by atoms with Gasteiger partial charge in [0.15, 0.2) is 0 Å². The molecule has 0 aromatic carbocycles. The van der Waals surface area contributed by atoms with E-state index in [0.29, 0.717) is 35.8 Å². The molecule has 2 unspecified atom stereocenters. The van der Waals surface area contributed by atoms with Crippen LogP contribution < -0.4 is 5.32 Å². The summed E-state index contributed by atoms with van der Waals surface area (Å²) >= 11 is 0. The van der Waals surface area contributed by atoms with E-state index in [1.54, 1.807) is 25.4 Å². The molecule has 2 amide bonds. The number of nitrogens with one attached hydrogen (secondary N) is 1. The zero-order valence-corrected chi connectivity index (χ0v) is 20.6. The molecule has 10 heteroatoms. The van der Waals surface area contributed by atoms with Gasteiger partial charge in [-0.25, -0.2) is 9.97 Å². The normalized spacial score (nSPS) is 22.5. The highest BCUT2D eigenvalue weighted by Crippen LogP contribution is 2.38. The molecule has 0 bridgehead atoms. The molecule has 0 saturated carbocycles. The Morgan fingerprint density at radius 2 is 2.03 bits per heavy atom. The number of carbonyl (C=O) groups is 2. The van der Waals surface area contributed by atoms with Crippen LogP contribution in [0.1, 0.15) is 53.4 Å². The average Bonchev–Trinajstić information content (AvgIpc) is 3.52. The number of hydrogen-bond acceptors (Lipinski definition) is 8. The maximum atomic E-state index is 13.7. The van der Waals surface area contributed by atoms with E-state index in [4.69, 9.17) is 4.52 Å². The zero-order chi connectivity index (χ0) is 25.1. The van der Waals surface area contributed by atoms with Crippen molar-refractivity contribution in [1.82, 2.24) is 35.2 Å². The summed E-state index contributed by atoms with van der Waals surface area (Å²) in [6.07, 6.45) is 10.4. The molecule has 3 aromatic rings. The first-order chi connectivity index (χ1) is 17.5. The molecule has 0 aliphatic carbocycles. The zero-order valence-electron chi connectivity index (χ0n) is 20.6. The number of piperidine rings is 1. The molecule has 1 N–H and O–H groups in total. The Bertz CT molecular complexity index is 1200. The fourth-order valence-corrected chi connectivity index (χ4v) is 5.46. The Hall–Kier alpha value is -3.66. The van der Waals surface area contributed by atoms with Crippen LogP contribution in [0.4, 0.5) is 0 Å². The largest absolute Gasteiger partial charge is 0.360 e. The van der Waals surface area contributed by atoms with Crippen LogP contribution in [0.15, 0.2) is 47.6 Å². The molecule has 5 heterocycles. The third-order valence-corrected chi connectivity index (χ3v) is 7.33. The van der Waals surface area contributed by atoms with Gasteiger partial charge >= 0.3 is 0 Å². The third-order valence-electron chi connectivity index (χ3n) is 7.33. The van der Waals surface area contributed by atoms with Gasteiger partial charge < -0.3 is 14.7 Å². The van der Waals surface area contributed by atoms with Gasteiger partial charge in [0, 0.05) is 37.6 Å². The molecule has 188 valence electrons. The van der Waals surface area contributed by atoms with Crippen LogP contribution in [0.5, 0.6) is 0 Å². The molecule has 5 rings (SSSR count). The molecular formula is C26H31N7O3. The molecule has 0 radical (unpaired) electrons. The second kappa shape index (κ2) is 10.5. The molecule has 36 heavy (non-hydrogen) atoms. The molecule has 2 fully saturated rings. The van der Waals surface area contributed by atoms with Crippen molar-refractivity contribution in [2.75, 3.05) is 26.7 Å². The topological polar surface area (TPSA) is 117 Å². The van der Waals surface area contributed by atoms with Crippen molar-refractivity contribution in [3.05, 3.63) is 60.0 Å². The summed E-state index contributed by atoms with van der Waals surface area (Å²) in [4.78, 5) is 43.5. The van der Waals surface area contributed by atoms with Crippen molar-refractivity contribution < 1.29 is 14.1 Å². The van der Waals surface area contributed by atoms with Gasteiger partial charge in [-0.3, -0.25) is 19.5 Å². The maximum absolute atomic E-state index is 13.7. The number of hydrogen-bond donors (Lipinski definition) is 1. The second-order valence-corrected chi connectivity index (χ2v) is 9.57. The van der Waals surface area contributed by atoms with E-state index >= 15 is 0 Å². The van der Waals surface area contributed by atoms with Crippen LogP contribution in [0.25, 0.3) is 11.4 Å². The average molecular weight is 490 g/mol. The van der Waals surface area contributed by atoms with Gasteiger partial charge in [-0.1, -0.05) is 17.6 Å². The van der Waals surface area contributed by atoms with Crippen LogP contribution in [0.2, 0.25) is 0 Å². The van der Waals surface area contributed by atoms with Crippen LogP contribution in [-0.2, 0) is 4.79 Å². The highest BCUT2D eigenvalue weighted by atomic mass is 16.5. The molecule has 2 saturated heterocycles. The number of nitrogens with zero attached hydrogens (tertiary/aromatic N) is 6. The number of carbonyl (C=O) groups excluding carboxylic acids is 2. The van der Waals surface area contributed by atoms with Gasteiger partial charge in [0.1, 0.15) is 23.3 Å². The lowest BCUT2D eigenvalue weighted by molar-refractivity contribution is -0.139. The predicted octanol–water partition coefficient (Wildman–Crippen LogP) is 2.64. The predicted molar refractivity (Wildman–Crippen MR) is 132 cm³/mol. The Morgan fingerprint density at radius 1 is 1.14 bits per heavy atom. The highest BCUT2D eigenvalue weighted by Gasteiger charge is 2.41. The minimum atomic E-state index is -0.274. The van der Waals surface area contributed by atoms with E-state index in [0.717, 1.165) is 37.8 Å². The Kier molecular flexibility index (Phi) is 7.04. The van der Waals surface area contributed by atoms with E-state index in [1.807, 2.05) is 30.3 Å². The van der Waals surface area contributed by atoms with Gasteiger partial charge in [-0.05, 0) is 57.5 Å². The van der Waals surface area contributed by atoms with E-state index in [-0.39, 0.29) is 29.8 Å².